The fourth-order valence-corrected chi connectivity index (χ4v) is 7.06. The van der Waals surface area contributed by atoms with Crippen LogP contribution in [0.5, 0.6) is 0 Å². The Labute approximate surface area is 196 Å². The SMILES string of the molecule is CC(C)(C)C1=CC[C]([Hf+2][C]2=CC(C(C)(C)C)=CC2)=C1.C[SiH2][Si](C)(C)C.[Cl-].[Cl-]. The maximum Gasteiger partial charge on any atom is 0.0307 e. The van der Waals surface area contributed by atoms with Gasteiger partial charge in [0.15, 0.2) is 0 Å². The van der Waals surface area contributed by atoms with Crippen molar-refractivity contribution in [3.63, 3.8) is 0 Å². The molecule has 0 aromatic heterocycles. The second-order valence-electron chi connectivity index (χ2n) is 10.6. The molecule has 2 rings (SSSR count). The molecule has 0 aromatic carbocycles. The molecule has 0 bridgehead atoms. The van der Waals surface area contributed by atoms with Crippen LogP contribution in [0, 0.1) is 10.8 Å². The summed E-state index contributed by atoms with van der Waals surface area (Å²) in [6, 6.07) is 0. The monoisotopic (exact) mass is 610 g/mol. The number of halogens is 2. The number of hydrogen-bond acceptors (Lipinski definition) is 0. The quantitative estimate of drug-likeness (QED) is 0.412. The predicted octanol–water partition coefficient (Wildman–Crippen LogP) is 0.635. The predicted molar refractivity (Wildman–Crippen MR) is 118 cm³/mol. The molecule has 0 radical (unpaired) electrons. The van der Waals surface area contributed by atoms with E-state index in [0.29, 0.717) is 19.9 Å². The maximum atomic E-state index is 2.51. The molecule has 0 aliphatic heterocycles. The van der Waals surface area contributed by atoms with Crippen LogP contribution in [0.15, 0.2) is 42.1 Å². The summed E-state index contributed by atoms with van der Waals surface area (Å²) in [5, 5.41) is 0. The molecule has 2 aliphatic carbocycles. The minimum atomic E-state index is -0.740. The van der Waals surface area contributed by atoms with Gasteiger partial charge in [-0.1, -0.05) is 26.2 Å². The van der Waals surface area contributed by atoms with E-state index in [-0.39, 0.29) is 24.8 Å². The Morgan fingerprint density at radius 3 is 1.26 bits per heavy atom. The molecule has 0 fully saturated rings. The van der Waals surface area contributed by atoms with Gasteiger partial charge in [-0.3, -0.25) is 0 Å². The summed E-state index contributed by atoms with van der Waals surface area (Å²) >= 11 is -0.740. The average Bonchev–Trinajstić information content (AvgIpc) is 3.07. The molecule has 5 heteroatoms. The Bertz CT molecular complexity index is 549. The van der Waals surface area contributed by atoms with Crippen LogP contribution >= 0.6 is 0 Å². The average molecular weight is 610 g/mol. The Kier molecular flexibility index (Phi) is 13.2. The van der Waals surface area contributed by atoms with Gasteiger partial charge < -0.3 is 24.8 Å². The number of rotatable bonds is 3. The molecule has 0 saturated heterocycles. The first kappa shape index (κ1) is 30.0. The third-order valence-corrected chi connectivity index (χ3v) is 18.2. The molecular weight excluding hydrogens is 570 g/mol. The second-order valence-corrected chi connectivity index (χ2v) is 30.4. The first-order valence-corrected chi connectivity index (χ1v) is 20.7. The summed E-state index contributed by atoms with van der Waals surface area (Å²) in [7, 11) is -0.101. The molecular formula is C22H40Cl2HfSi2. The van der Waals surface area contributed by atoms with Gasteiger partial charge in [0.25, 0.3) is 0 Å². The molecule has 0 nitrogen and oxygen atoms in total. The molecule has 0 saturated carbocycles. The van der Waals surface area contributed by atoms with E-state index in [9.17, 15) is 0 Å². The molecule has 0 amide bonds. The van der Waals surface area contributed by atoms with E-state index in [1.54, 1.807) is 17.8 Å². The smallest absolute Gasteiger partial charge is 0.0307 e. The van der Waals surface area contributed by atoms with Crippen LogP contribution in [-0.2, 0) is 22.9 Å². The van der Waals surface area contributed by atoms with Gasteiger partial charge in [-0.05, 0) is 0 Å². The van der Waals surface area contributed by atoms with Gasteiger partial charge in [-0.15, -0.1) is 0 Å². The van der Waals surface area contributed by atoms with E-state index in [1.165, 1.54) is 12.8 Å². The van der Waals surface area contributed by atoms with Crippen LogP contribution in [0.4, 0.5) is 0 Å². The van der Waals surface area contributed by atoms with E-state index >= 15 is 0 Å². The molecule has 0 unspecified atom stereocenters. The van der Waals surface area contributed by atoms with Crippen molar-refractivity contribution in [3.05, 3.63) is 42.1 Å². The summed E-state index contributed by atoms with van der Waals surface area (Å²) in [6.45, 7) is 23.7. The van der Waals surface area contributed by atoms with Crippen molar-refractivity contribution in [2.45, 2.75) is 80.6 Å². The van der Waals surface area contributed by atoms with Gasteiger partial charge >= 0.3 is 130 Å². The molecule has 0 heterocycles. The van der Waals surface area contributed by atoms with Gasteiger partial charge in [0.1, 0.15) is 0 Å². The molecule has 0 spiro atoms. The fourth-order valence-electron chi connectivity index (χ4n) is 2.48. The maximum absolute atomic E-state index is 2.51. The van der Waals surface area contributed by atoms with Crippen molar-refractivity contribution in [2.75, 3.05) is 0 Å². The molecule has 2 aliphatic rings. The van der Waals surface area contributed by atoms with Crippen molar-refractivity contribution in [1.82, 2.24) is 0 Å². The van der Waals surface area contributed by atoms with Gasteiger partial charge in [0, 0.05) is 16.6 Å². The van der Waals surface area contributed by atoms with Crippen LogP contribution in [0.2, 0.25) is 26.2 Å². The van der Waals surface area contributed by atoms with Crippen LogP contribution < -0.4 is 24.8 Å². The number of allylic oxidation sites excluding steroid dienone is 8. The van der Waals surface area contributed by atoms with Gasteiger partial charge in [-0.2, -0.15) is 0 Å². The van der Waals surface area contributed by atoms with Crippen molar-refractivity contribution in [2.24, 2.45) is 10.8 Å². The van der Waals surface area contributed by atoms with Gasteiger partial charge in [0.2, 0.25) is 0 Å². The molecule has 27 heavy (non-hydrogen) atoms. The standard InChI is InChI=1S/2C9H13.C4H14Si2.2ClH.Hf/c2*1-9(2,3)8-6-4-5-7-8;1-5-6(2,3)4;;;/h2*6-7H,4H2,1-3H3;5H2,1-4H3;2*1H;/q;;;;;+2/p-2. The van der Waals surface area contributed by atoms with E-state index in [4.69, 9.17) is 0 Å². The van der Waals surface area contributed by atoms with Crippen molar-refractivity contribution < 1.29 is 47.7 Å². The summed E-state index contributed by atoms with van der Waals surface area (Å²) < 4.78 is 3.56. The summed E-state index contributed by atoms with van der Waals surface area (Å²) in [4.78, 5) is 0. The molecule has 154 valence electrons. The minimum absolute atomic E-state index is 0. The summed E-state index contributed by atoms with van der Waals surface area (Å²) in [5.41, 5.74) is 3.75. The third-order valence-electron chi connectivity index (χ3n) is 4.86. The number of hydrogen-bond donors (Lipinski definition) is 0. The Balaban J connectivity index is 0. The minimum Gasteiger partial charge on any atom is -1.00 e. The van der Waals surface area contributed by atoms with Crippen molar-refractivity contribution >= 4 is 16.6 Å². The van der Waals surface area contributed by atoms with Gasteiger partial charge in [0.05, 0.1) is 0 Å². The zero-order valence-electron chi connectivity index (χ0n) is 19.2. The van der Waals surface area contributed by atoms with Crippen LogP contribution in [0.1, 0.15) is 54.4 Å². The first-order valence-electron chi connectivity index (χ1n) is 9.82. The first-order chi connectivity index (χ1) is 11.2. The van der Waals surface area contributed by atoms with E-state index in [2.05, 4.69) is 92.0 Å². The van der Waals surface area contributed by atoms with E-state index in [1.807, 2.05) is 0 Å². The zero-order valence-corrected chi connectivity index (χ0v) is 26.7. The second kappa shape index (κ2) is 11.9. The summed E-state index contributed by atoms with van der Waals surface area (Å²) in [6.07, 6.45) is 12.4. The Morgan fingerprint density at radius 2 is 1.07 bits per heavy atom. The van der Waals surface area contributed by atoms with Gasteiger partial charge in [-0.25, -0.2) is 0 Å². The van der Waals surface area contributed by atoms with Crippen LogP contribution in [-0.4, -0.2) is 16.6 Å². The van der Waals surface area contributed by atoms with Crippen LogP contribution in [0.3, 0.4) is 0 Å². The topological polar surface area (TPSA) is 0 Å². The normalized spacial score (nSPS) is 17.0. The molecule has 0 aromatic rings. The van der Waals surface area contributed by atoms with Crippen LogP contribution in [0.25, 0.3) is 0 Å². The zero-order chi connectivity index (χ0) is 19.5. The molecule has 0 atom stereocenters. The largest absolute Gasteiger partial charge is 1.00 e. The molecule has 0 N–H and O–H groups in total. The van der Waals surface area contributed by atoms with Crippen molar-refractivity contribution in [3.8, 4) is 0 Å². The summed E-state index contributed by atoms with van der Waals surface area (Å²) in [5.74, 6) is 0. The van der Waals surface area contributed by atoms with E-state index in [0.717, 1.165) is 0 Å². The fraction of sp³-hybridized carbons (Fsp3) is 0.636. The Hall–Kier alpha value is 0.844. The van der Waals surface area contributed by atoms with E-state index < -0.39 is 30.5 Å². The Morgan fingerprint density at radius 1 is 0.778 bits per heavy atom. The third kappa shape index (κ3) is 11.6. The van der Waals surface area contributed by atoms with Crippen molar-refractivity contribution in [1.29, 1.82) is 0 Å².